The molecule has 0 aliphatic carbocycles. The molecule has 1 atom stereocenters. The minimum atomic E-state index is 0.468. The molecule has 1 aromatic heterocycles. The monoisotopic (exact) mass is 189 g/mol. The first-order chi connectivity index (χ1) is 6.77. The zero-order valence-corrected chi connectivity index (χ0v) is 8.62. The molecule has 0 aromatic carbocycles. The van der Waals surface area contributed by atoms with Crippen molar-refractivity contribution in [1.82, 2.24) is 4.98 Å². The maximum Gasteiger partial charge on any atom is 0.163 e. The van der Waals surface area contributed by atoms with Crippen LogP contribution in [0.2, 0.25) is 0 Å². The van der Waals surface area contributed by atoms with E-state index in [9.17, 15) is 0 Å². The summed E-state index contributed by atoms with van der Waals surface area (Å²) < 4.78 is 0. The van der Waals surface area contributed by atoms with Crippen molar-refractivity contribution in [3.05, 3.63) is 24.0 Å². The van der Waals surface area contributed by atoms with E-state index in [4.69, 9.17) is 5.26 Å². The summed E-state index contributed by atoms with van der Waals surface area (Å²) in [6, 6.07) is 5.78. The van der Waals surface area contributed by atoms with Crippen molar-refractivity contribution in [3.63, 3.8) is 0 Å². The van der Waals surface area contributed by atoms with E-state index in [0.29, 0.717) is 11.6 Å². The number of anilines is 1. The predicted molar refractivity (Wildman–Crippen MR) is 56.9 cm³/mol. The third kappa shape index (κ3) is 2.74. The molecule has 0 radical (unpaired) electrons. The number of nitrogens with one attached hydrogen (secondary N) is 1. The summed E-state index contributed by atoms with van der Waals surface area (Å²) in [5, 5.41) is 12.0. The van der Waals surface area contributed by atoms with E-state index >= 15 is 0 Å². The molecule has 1 aromatic rings. The van der Waals surface area contributed by atoms with Gasteiger partial charge in [0.1, 0.15) is 6.07 Å². The van der Waals surface area contributed by atoms with Gasteiger partial charge in [0.05, 0.1) is 5.69 Å². The lowest BCUT2D eigenvalue weighted by molar-refractivity contribution is 0.593. The van der Waals surface area contributed by atoms with Crippen LogP contribution in [0, 0.1) is 17.2 Å². The van der Waals surface area contributed by atoms with Crippen LogP contribution in [0.4, 0.5) is 5.69 Å². The van der Waals surface area contributed by atoms with Gasteiger partial charge in [-0.25, -0.2) is 4.98 Å². The van der Waals surface area contributed by atoms with Crippen LogP contribution in [-0.2, 0) is 0 Å². The second-order valence-corrected chi connectivity index (χ2v) is 3.41. The van der Waals surface area contributed by atoms with Gasteiger partial charge in [0, 0.05) is 12.7 Å². The molecule has 0 saturated heterocycles. The first kappa shape index (κ1) is 10.5. The van der Waals surface area contributed by atoms with Crippen molar-refractivity contribution in [1.29, 1.82) is 5.26 Å². The minimum absolute atomic E-state index is 0.468. The number of hydrogen-bond acceptors (Lipinski definition) is 3. The van der Waals surface area contributed by atoms with Gasteiger partial charge in [-0.1, -0.05) is 20.3 Å². The third-order valence-corrected chi connectivity index (χ3v) is 2.25. The molecule has 0 aliphatic heterocycles. The van der Waals surface area contributed by atoms with Gasteiger partial charge in [0.25, 0.3) is 0 Å². The summed E-state index contributed by atoms with van der Waals surface area (Å²) in [6.07, 6.45) is 2.77. The molecular formula is C11H15N3. The number of hydrogen-bond donors (Lipinski definition) is 1. The Hall–Kier alpha value is -1.56. The summed E-state index contributed by atoms with van der Waals surface area (Å²) in [5.41, 5.74) is 1.30. The molecule has 0 amide bonds. The molecule has 74 valence electrons. The molecule has 3 heteroatoms. The fourth-order valence-electron chi connectivity index (χ4n) is 1.07. The van der Waals surface area contributed by atoms with Gasteiger partial charge in [-0.05, 0) is 18.1 Å². The number of rotatable bonds is 4. The molecule has 1 heterocycles. The quantitative estimate of drug-likeness (QED) is 0.791. The fraction of sp³-hybridized carbons (Fsp3) is 0.455. The number of pyridine rings is 1. The molecule has 0 bridgehead atoms. The average molecular weight is 189 g/mol. The van der Waals surface area contributed by atoms with Crippen LogP contribution in [0.25, 0.3) is 0 Å². The van der Waals surface area contributed by atoms with Crippen molar-refractivity contribution in [2.75, 3.05) is 11.9 Å². The largest absolute Gasteiger partial charge is 0.382 e. The van der Waals surface area contributed by atoms with Crippen molar-refractivity contribution >= 4 is 5.69 Å². The lowest BCUT2D eigenvalue weighted by Gasteiger charge is -2.11. The Kier molecular flexibility index (Phi) is 3.93. The molecule has 1 N–H and O–H groups in total. The van der Waals surface area contributed by atoms with Crippen LogP contribution in [-0.4, -0.2) is 11.5 Å². The van der Waals surface area contributed by atoms with E-state index in [2.05, 4.69) is 30.2 Å². The number of nitrogens with zero attached hydrogens (tertiary/aromatic N) is 2. The standard InChI is InChI=1S/C11H15N3/c1-3-9(2)8-14-10-5-4-6-13-11(10)7-12/h4-6,9,14H,3,8H2,1-2H3. The highest BCUT2D eigenvalue weighted by molar-refractivity contribution is 5.53. The smallest absolute Gasteiger partial charge is 0.163 e. The van der Waals surface area contributed by atoms with E-state index in [1.54, 1.807) is 6.20 Å². The molecule has 14 heavy (non-hydrogen) atoms. The van der Waals surface area contributed by atoms with Crippen LogP contribution in [0.1, 0.15) is 26.0 Å². The Morgan fingerprint density at radius 1 is 1.64 bits per heavy atom. The molecule has 0 saturated carbocycles. The Balaban J connectivity index is 2.63. The molecule has 0 aliphatic rings. The molecular weight excluding hydrogens is 174 g/mol. The van der Waals surface area contributed by atoms with E-state index < -0.39 is 0 Å². The van der Waals surface area contributed by atoms with Gasteiger partial charge in [0.2, 0.25) is 0 Å². The lowest BCUT2D eigenvalue weighted by atomic mass is 10.1. The fourth-order valence-corrected chi connectivity index (χ4v) is 1.07. The Morgan fingerprint density at radius 3 is 3.07 bits per heavy atom. The first-order valence-electron chi connectivity index (χ1n) is 4.87. The van der Waals surface area contributed by atoms with Crippen LogP contribution >= 0.6 is 0 Å². The maximum atomic E-state index is 8.79. The van der Waals surface area contributed by atoms with Crippen LogP contribution in [0.3, 0.4) is 0 Å². The van der Waals surface area contributed by atoms with Gasteiger partial charge >= 0.3 is 0 Å². The zero-order valence-electron chi connectivity index (χ0n) is 8.62. The second-order valence-electron chi connectivity index (χ2n) is 3.41. The summed E-state index contributed by atoms with van der Waals surface area (Å²) in [7, 11) is 0. The normalized spacial score (nSPS) is 11.8. The van der Waals surface area contributed by atoms with Crippen molar-refractivity contribution in [2.45, 2.75) is 20.3 Å². The van der Waals surface area contributed by atoms with Crippen LogP contribution in [0.15, 0.2) is 18.3 Å². The number of nitriles is 1. The summed E-state index contributed by atoms with van der Waals surface area (Å²) in [4.78, 5) is 3.98. The van der Waals surface area contributed by atoms with Crippen LogP contribution < -0.4 is 5.32 Å². The van der Waals surface area contributed by atoms with Crippen LogP contribution in [0.5, 0.6) is 0 Å². The lowest BCUT2D eigenvalue weighted by Crippen LogP contribution is -2.11. The Morgan fingerprint density at radius 2 is 2.43 bits per heavy atom. The summed E-state index contributed by atoms with van der Waals surface area (Å²) in [5.74, 6) is 0.613. The maximum absolute atomic E-state index is 8.79. The van der Waals surface area contributed by atoms with E-state index in [-0.39, 0.29) is 0 Å². The minimum Gasteiger partial charge on any atom is -0.382 e. The topological polar surface area (TPSA) is 48.7 Å². The molecule has 1 rings (SSSR count). The Bertz CT molecular complexity index is 328. The van der Waals surface area contributed by atoms with Crippen molar-refractivity contribution in [2.24, 2.45) is 5.92 Å². The van der Waals surface area contributed by atoms with Gasteiger partial charge in [0.15, 0.2) is 5.69 Å². The summed E-state index contributed by atoms with van der Waals surface area (Å²) >= 11 is 0. The van der Waals surface area contributed by atoms with Gasteiger partial charge < -0.3 is 5.32 Å². The molecule has 0 fully saturated rings. The van der Waals surface area contributed by atoms with E-state index in [1.165, 1.54) is 0 Å². The highest BCUT2D eigenvalue weighted by atomic mass is 14.9. The summed E-state index contributed by atoms with van der Waals surface area (Å²) in [6.45, 7) is 5.22. The van der Waals surface area contributed by atoms with E-state index in [0.717, 1.165) is 18.7 Å². The van der Waals surface area contributed by atoms with Crippen molar-refractivity contribution < 1.29 is 0 Å². The third-order valence-electron chi connectivity index (χ3n) is 2.25. The van der Waals surface area contributed by atoms with Gasteiger partial charge in [-0.3, -0.25) is 0 Å². The SMILES string of the molecule is CCC(C)CNc1cccnc1C#N. The Labute approximate surface area is 84.8 Å². The average Bonchev–Trinajstić information content (AvgIpc) is 2.26. The molecule has 3 nitrogen and oxygen atoms in total. The molecule has 0 spiro atoms. The highest BCUT2D eigenvalue weighted by Gasteiger charge is 2.03. The first-order valence-corrected chi connectivity index (χ1v) is 4.87. The van der Waals surface area contributed by atoms with Crippen molar-refractivity contribution in [3.8, 4) is 6.07 Å². The van der Waals surface area contributed by atoms with E-state index in [1.807, 2.05) is 12.1 Å². The zero-order chi connectivity index (χ0) is 10.4. The predicted octanol–water partition coefficient (Wildman–Crippen LogP) is 2.41. The van der Waals surface area contributed by atoms with Gasteiger partial charge in [-0.2, -0.15) is 5.26 Å². The van der Waals surface area contributed by atoms with Gasteiger partial charge in [-0.15, -0.1) is 0 Å². The molecule has 1 unspecified atom stereocenters. The second kappa shape index (κ2) is 5.23. The number of aromatic nitrogens is 1. The highest BCUT2D eigenvalue weighted by Crippen LogP contribution is 2.11.